The molecule has 1 amide bonds. The topological polar surface area (TPSA) is 90.2 Å². The van der Waals surface area contributed by atoms with E-state index in [1.54, 1.807) is 11.4 Å². The number of hydrogen-bond acceptors (Lipinski definition) is 4. The number of carbonyl (C=O) groups is 2. The number of amides is 1. The number of nitriles is 1. The summed E-state index contributed by atoms with van der Waals surface area (Å²) >= 11 is 1.30. The molecule has 1 heterocycles. The normalized spacial score (nSPS) is 9.59. The van der Waals surface area contributed by atoms with Crippen molar-refractivity contribution in [3.8, 4) is 6.07 Å². The maximum absolute atomic E-state index is 11.5. The van der Waals surface area contributed by atoms with Crippen LogP contribution in [-0.4, -0.2) is 17.0 Å². The monoisotopic (exact) mass is 252 g/mol. The molecule has 90 valence electrons. The van der Waals surface area contributed by atoms with E-state index in [2.05, 4.69) is 5.32 Å². The lowest BCUT2D eigenvalue weighted by molar-refractivity contribution is -0.137. The highest BCUT2D eigenvalue weighted by molar-refractivity contribution is 7.14. The van der Waals surface area contributed by atoms with Crippen LogP contribution in [0.15, 0.2) is 11.4 Å². The van der Waals surface area contributed by atoms with Crippen molar-refractivity contribution in [1.29, 1.82) is 5.26 Å². The van der Waals surface area contributed by atoms with Gasteiger partial charge in [0.1, 0.15) is 11.1 Å². The molecule has 0 unspecified atom stereocenters. The molecule has 17 heavy (non-hydrogen) atoms. The fourth-order valence-electron chi connectivity index (χ4n) is 1.25. The molecule has 1 aromatic rings. The van der Waals surface area contributed by atoms with Crippen molar-refractivity contribution in [1.82, 2.24) is 0 Å². The van der Waals surface area contributed by atoms with Crippen molar-refractivity contribution in [3.63, 3.8) is 0 Å². The summed E-state index contributed by atoms with van der Waals surface area (Å²) in [7, 11) is 0. The number of carboxylic acids is 1. The molecule has 1 aromatic heterocycles. The van der Waals surface area contributed by atoms with E-state index in [0.717, 1.165) is 0 Å². The molecule has 2 N–H and O–H groups in total. The Labute approximate surface area is 103 Å². The zero-order valence-corrected chi connectivity index (χ0v) is 9.92. The minimum atomic E-state index is -0.851. The maximum atomic E-state index is 11.5. The average Bonchev–Trinajstić information content (AvgIpc) is 2.71. The number of unbranched alkanes of at least 4 members (excludes halogenated alkanes) is 1. The number of nitrogens with zero attached hydrogens (tertiary/aromatic N) is 1. The predicted molar refractivity (Wildman–Crippen MR) is 63.8 cm³/mol. The van der Waals surface area contributed by atoms with E-state index in [0.29, 0.717) is 23.4 Å². The van der Waals surface area contributed by atoms with Gasteiger partial charge in [-0.15, -0.1) is 11.3 Å². The third-order valence-corrected chi connectivity index (χ3v) is 2.91. The Morgan fingerprint density at radius 2 is 2.12 bits per heavy atom. The summed E-state index contributed by atoms with van der Waals surface area (Å²) in [5.74, 6) is -1.04. The number of thiophene rings is 1. The first-order valence-electron chi connectivity index (χ1n) is 5.12. The molecule has 0 aliphatic rings. The summed E-state index contributed by atoms with van der Waals surface area (Å²) in [6.07, 6.45) is 1.37. The van der Waals surface area contributed by atoms with Crippen LogP contribution in [0.3, 0.4) is 0 Å². The van der Waals surface area contributed by atoms with E-state index in [1.165, 1.54) is 11.3 Å². The molecule has 0 saturated carbocycles. The van der Waals surface area contributed by atoms with Crippen molar-refractivity contribution in [2.24, 2.45) is 0 Å². The lowest BCUT2D eigenvalue weighted by Gasteiger charge is -2.02. The largest absolute Gasteiger partial charge is 0.481 e. The third-order valence-electron chi connectivity index (χ3n) is 2.08. The maximum Gasteiger partial charge on any atom is 0.303 e. The highest BCUT2D eigenvalue weighted by atomic mass is 32.1. The van der Waals surface area contributed by atoms with Crippen LogP contribution in [0.4, 0.5) is 5.00 Å². The second kappa shape index (κ2) is 6.66. The molecule has 0 radical (unpaired) electrons. The number of carbonyl (C=O) groups excluding carboxylic acids is 1. The van der Waals surface area contributed by atoms with Gasteiger partial charge in [0.2, 0.25) is 5.91 Å². The van der Waals surface area contributed by atoms with Crippen LogP contribution < -0.4 is 5.32 Å². The minimum absolute atomic E-state index is 0.0791. The van der Waals surface area contributed by atoms with Crippen LogP contribution in [0.2, 0.25) is 0 Å². The molecular formula is C11H12N2O3S. The van der Waals surface area contributed by atoms with Gasteiger partial charge >= 0.3 is 5.97 Å². The zero-order valence-electron chi connectivity index (χ0n) is 9.10. The van der Waals surface area contributed by atoms with Gasteiger partial charge in [0.05, 0.1) is 5.56 Å². The first-order valence-corrected chi connectivity index (χ1v) is 6.00. The molecule has 0 atom stereocenters. The second-order valence-corrected chi connectivity index (χ2v) is 4.34. The van der Waals surface area contributed by atoms with Gasteiger partial charge in [-0.1, -0.05) is 0 Å². The molecule has 5 nitrogen and oxygen atoms in total. The molecule has 0 aliphatic carbocycles. The Bertz CT molecular complexity index is 448. The quantitative estimate of drug-likeness (QED) is 0.759. The number of carboxylic acid groups (broad SMARTS) is 1. The Morgan fingerprint density at radius 1 is 1.41 bits per heavy atom. The van der Waals surface area contributed by atoms with Gasteiger partial charge in [-0.05, 0) is 24.3 Å². The van der Waals surface area contributed by atoms with Gasteiger partial charge in [0.25, 0.3) is 0 Å². The fraction of sp³-hybridized carbons (Fsp3) is 0.364. The van der Waals surface area contributed by atoms with E-state index >= 15 is 0 Å². The number of nitrogens with one attached hydrogen (secondary N) is 1. The summed E-state index contributed by atoms with van der Waals surface area (Å²) in [5, 5.41) is 22.1. The summed E-state index contributed by atoms with van der Waals surface area (Å²) < 4.78 is 0. The first kappa shape index (κ1) is 13.2. The number of hydrogen-bond donors (Lipinski definition) is 2. The van der Waals surface area contributed by atoms with Crippen molar-refractivity contribution in [3.05, 3.63) is 17.0 Å². The Hall–Kier alpha value is -1.87. The minimum Gasteiger partial charge on any atom is -0.481 e. The Balaban J connectivity index is 2.31. The van der Waals surface area contributed by atoms with Gasteiger partial charge < -0.3 is 10.4 Å². The van der Waals surface area contributed by atoms with Gasteiger partial charge in [-0.25, -0.2) is 0 Å². The molecule has 1 rings (SSSR count). The van der Waals surface area contributed by atoms with E-state index in [1.807, 2.05) is 6.07 Å². The number of aliphatic carboxylic acids is 1. The van der Waals surface area contributed by atoms with E-state index in [9.17, 15) is 9.59 Å². The van der Waals surface area contributed by atoms with E-state index in [-0.39, 0.29) is 18.7 Å². The van der Waals surface area contributed by atoms with Crippen LogP contribution in [0.1, 0.15) is 31.2 Å². The van der Waals surface area contributed by atoms with E-state index < -0.39 is 5.97 Å². The van der Waals surface area contributed by atoms with Crippen LogP contribution in [-0.2, 0) is 9.59 Å². The standard InChI is InChI=1S/C11H12N2O3S/c12-7-8-5-6-17-11(8)13-9(14)3-1-2-4-10(15)16/h5-6H,1-4H2,(H,13,14)(H,15,16). The van der Waals surface area contributed by atoms with Crippen molar-refractivity contribution in [2.45, 2.75) is 25.7 Å². The summed E-state index contributed by atoms with van der Waals surface area (Å²) in [6, 6.07) is 3.62. The molecule has 0 aromatic carbocycles. The second-order valence-electron chi connectivity index (χ2n) is 3.42. The van der Waals surface area contributed by atoms with Gasteiger partial charge in [-0.2, -0.15) is 5.26 Å². The molecular weight excluding hydrogens is 240 g/mol. The van der Waals surface area contributed by atoms with Gasteiger partial charge in [-0.3, -0.25) is 9.59 Å². The summed E-state index contributed by atoms with van der Waals surface area (Å²) in [4.78, 5) is 21.7. The molecule has 0 spiro atoms. The zero-order chi connectivity index (χ0) is 12.7. The number of anilines is 1. The Kier molecular flexibility index (Phi) is 5.17. The van der Waals surface area contributed by atoms with Crippen LogP contribution in [0.25, 0.3) is 0 Å². The number of rotatable bonds is 6. The van der Waals surface area contributed by atoms with Crippen LogP contribution >= 0.6 is 11.3 Å². The molecule has 0 bridgehead atoms. The molecule has 0 saturated heterocycles. The smallest absolute Gasteiger partial charge is 0.303 e. The fourth-order valence-corrected chi connectivity index (χ4v) is 2.00. The lowest BCUT2D eigenvalue weighted by atomic mass is 10.2. The van der Waals surface area contributed by atoms with Crippen LogP contribution in [0.5, 0.6) is 0 Å². The van der Waals surface area contributed by atoms with Crippen molar-refractivity contribution >= 4 is 28.2 Å². The van der Waals surface area contributed by atoms with Gasteiger partial charge in [0.15, 0.2) is 0 Å². The molecule has 6 heteroatoms. The lowest BCUT2D eigenvalue weighted by Crippen LogP contribution is -2.11. The third kappa shape index (κ3) is 4.66. The average molecular weight is 252 g/mol. The first-order chi connectivity index (χ1) is 8.13. The Morgan fingerprint density at radius 3 is 2.76 bits per heavy atom. The van der Waals surface area contributed by atoms with Crippen molar-refractivity contribution < 1.29 is 14.7 Å². The van der Waals surface area contributed by atoms with Gasteiger partial charge in [0, 0.05) is 12.8 Å². The highest BCUT2D eigenvalue weighted by Crippen LogP contribution is 2.22. The van der Waals surface area contributed by atoms with Crippen molar-refractivity contribution in [2.75, 3.05) is 5.32 Å². The summed E-state index contributed by atoms with van der Waals surface area (Å²) in [5.41, 5.74) is 0.453. The molecule has 0 aliphatic heterocycles. The highest BCUT2D eigenvalue weighted by Gasteiger charge is 2.08. The summed E-state index contributed by atoms with van der Waals surface area (Å²) in [6.45, 7) is 0. The van der Waals surface area contributed by atoms with Crippen LogP contribution in [0, 0.1) is 11.3 Å². The van der Waals surface area contributed by atoms with E-state index in [4.69, 9.17) is 10.4 Å². The molecule has 0 fully saturated rings. The SMILES string of the molecule is N#Cc1ccsc1NC(=O)CCCCC(=O)O. The predicted octanol–water partition coefficient (Wildman–Crippen LogP) is 2.20.